The van der Waals surface area contributed by atoms with Gasteiger partial charge in [0, 0.05) is 19.8 Å². The van der Waals surface area contributed by atoms with E-state index in [0.717, 1.165) is 22.8 Å². The number of ether oxygens (including phenoxy) is 1. The first-order valence-corrected chi connectivity index (χ1v) is 8.87. The van der Waals surface area contributed by atoms with Crippen LogP contribution in [0, 0.1) is 0 Å². The summed E-state index contributed by atoms with van der Waals surface area (Å²) in [7, 11) is 1.77. The standard InChI is InChI=1S/C22H23N3O2/c1-17(21-13-6-7-14-23-21)25(2)22(26)24-16-18-9-8-12-20(15-18)27-19-10-4-3-5-11-19/h3-15,17H,16H2,1-2H3,(H,24,26). The number of pyridine rings is 1. The lowest BCUT2D eigenvalue weighted by Crippen LogP contribution is -2.38. The van der Waals surface area contributed by atoms with Crippen LogP contribution in [-0.4, -0.2) is 23.0 Å². The lowest BCUT2D eigenvalue weighted by Gasteiger charge is -2.24. The maximum atomic E-state index is 12.5. The number of benzene rings is 2. The molecule has 2 aromatic carbocycles. The zero-order valence-electron chi connectivity index (χ0n) is 15.5. The molecule has 0 aliphatic rings. The van der Waals surface area contributed by atoms with E-state index in [1.807, 2.05) is 79.7 Å². The smallest absolute Gasteiger partial charge is 0.317 e. The quantitative estimate of drug-likeness (QED) is 0.688. The fraction of sp³-hybridized carbons (Fsp3) is 0.182. The highest BCUT2D eigenvalue weighted by atomic mass is 16.5. The second kappa shape index (κ2) is 8.85. The Bertz CT molecular complexity index is 869. The third-order valence-electron chi connectivity index (χ3n) is 4.34. The van der Waals surface area contributed by atoms with E-state index in [2.05, 4.69) is 10.3 Å². The Morgan fingerprint density at radius 1 is 1.04 bits per heavy atom. The van der Waals surface area contributed by atoms with Crippen LogP contribution in [0.25, 0.3) is 0 Å². The van der Waals surface area contributed by atoms with Crippen LogP contribution in [0.3, 0.4) is 0 Å². The van der Waals surface area contributed by atoms with Gasteiger partial charge in [-0.25, -0.2) is 4.79 Å². The fourth-order valence-electron chi connectivity index (χ4n) is 2.64. The zero-order chi connectivity index (χ0) is 19.1. The molecule has 1 atom stereocenters. The first-order valence-electron chi connectivity index (χ1n) is 8.87. The van der Waals surface area contributed by atoms with E-state index in [4.69, 9.17) is 4.74 Å². The summed E-state index contributed by atoms with van der Waals surface area (Å²) in [6.07, 6.45) is 1.73. The highest BCUT2D eigenvalue weighted by molar-refractivity contribution is 5.74. The summed E-state index contributed by atoms with van der Waals surface area (Å²) >= 11 is 0. The minimum absolute atomic E-state index is 0.112. The molecule has 0 bridgehead atoms. The lowest BCUT2D eigenvalue weighted by molar-refractivity contribution is 0.193. The SMILES string of the molecule is CC(c1ccccn1)N(C)C(=O)NCc1cccc(Oc2ccccc2)c1. The molecule has 0 saturated heterocycles. The number of amides is 2. The van der Waals surface area contributed by atoms with E-state index < -0.39 is 0 Å². The second-order valence-electron chi connectivity index (χ2n) is 6.26. The average molecular weight is 361 g/mol. The van der Waals surface area contributed by atoms with E-state index in [0.29, 0.717) is 6.54 Å². The normalized spacial score (nSPS) is 11.5. The number of carbonyl (C=O) groups excluding carboxylic acids is 1. The molecule has 2 amide bonds. The summed E-state index contributed by atoms with van der Waals surface area (Å²) in [5.41, 5.74) is 1.82. The monoisotopic (exact) mass is 361 g/mol. The van der Waals surface area contributed by atoms with Crippen molar-refractivity contribution in [2.75, 3.05) is 7.05 Å². The van der Waals surface area contributed by atoms with Crippen LogP contribution in [0.4, 0.5) is 4.79 Å². The number of urea groups is 1. The fourth-order valence-corrected chi connectivity index (χ4v) is 2.64. The van der Waals surface area contributed by atoms with E-state index >= 15 is 0 Å². The molecular formula is C22H23N3O2. The van der Waals surface area contributed by atoms with Crippen molar-refractivity contribution >= 4 is 6.03 Å². The van der Waals surface area contributed by atoms with Gasteiger partial charge >= 0.3 is 6.03 Å². The van der Waals surface area contributed by atoms with Gasteiger partial charge < -0.3 is 15.0 Å². The van der Waals surface area contributed by atoms with Crippen molar-refractivity contribution in [3.8, 4) is 11.5 Å². The van der Waals surface area contributed by atoms with Gasteiger partial charge in [-0.2, -0.15) is 0 Å². The van der Waals surface area contributed by atoms with Crippen molar-refractivity contribution in [2.24, 2.45) is 0 Å². The maximum absolute atomic E-state index is 12.5. The molecule has 0 radical (unpaired) electrons. The van der Waals surface area contributed by atoms with Crippen LogP contribution in [-0.2, 0) is 6.54 Å². The molecule has 138 valence electrons. The first-order chi connectivity index (χ1) is 13.1. The Morgan fingerprint density at radius 2 is 1.78 bits per heavy atom. The number of para-hydroxylation sites is 1. The third-order valence-corrected chi connectivity index (χ3v) is 4.34. The first kappa shape index (κ1) is 18.5. The van der Waals surface area contributed by atoms with Gasteiger partial charge in [0.2, 0.25) is 0 Å². The van der Waals surface area contributed by atoms with Crippen molar-refractivity contribution in [1.29, 1.82) is 0 Å². The van der Waals surface area contributed by atoms with Crippen LogP contribution in [0.15, 0.2) is 79.0 Å². The molecule has 1 heterocycles. The highest BCUT2D eigenvalue weighted by Gasteiger charge is 2.17. The maximum Gasteiger partial charge on any atom is 0.317 e. The van der Waals surface area contributed by atoms with Gasteiger partial charge in [-0.05, 0) is 48.9 Å². The topological polar surface area (TPSA) is 54.5 Å². The lowest BCUT2D eigenvalue weighted by atomic mass is 10.2. The van der Waals surface area contributed by atoms with Gasteiger partial charge in [-0.15, -0.1) is 0 Å². The molecule has 1 unspecified atom stereocenters. The van der Waals surface area contributed by atoms with Crippen molar-refractivity contribution in [2.45, 2.75) is 19.5 Å². The summed E-state index contributed by atoms with van der Waals surface area (Å²) < 4.78 is 5.84. The molecule has 0 aliphatic heterocycles. The molecule has 0 saturated carbocycles. The number of carbonyl (C=O) groups is 1. The van der Waals surface area contributed by atoms with Crippen LogP contribution in [0.1, 0.15) is 24.2 Å². The Labute approximate surface area is 159 Å². The van der Waals surface area contributed by atoms with Gasteiger partial charge in [0.15, 0.2) is 0 Å². The molecule has 5 nitrogen and oxygen atoms in total. The molecule has 0 fully saturated rings. The minimum atomic E-state index is -0.150. The summed E-state index contributed by atoms with van der Waals surface area (Å²) in [5, 5.41) is 2.94. The van der Waals surface area contributed by atoms with Gasteiger partial charge in [-0.3, -0.25) is 4.98 Å². The van der Waals surface area contributed by atoms with Crippen molar-refractivity contribution in [1.82, 2.24) is 15.2 Å². The minimum Gasteiger partial charge on any atom is -0.457 e. The van der Waals surface area contributed by atoms with E-state index in [9.17, 15) is 4.79 Å². The molecule has 1 N–H and O–H groups in total. The summed E-state index contributed by atoms with van der Waals surface area (Å²) in [5.74, 6) is 1.52. The largest absolute Gasteiger partial charge is 0.457 e. The zero-order valence-corrected chi connectivity index (χ0v) is 15.5. The van der Waals surface area contributed by atoms with Gasteiger partial charge in [-0.1, -0.05) is 36.4 Å². The molecule has 27 heavy (non-hydrogen) atoms. The van der Waals surface area contributed by atoms with Gasteiger partial charge in [0.1, 0.15) is 11.5 Å². The summed E-state index contributed by atoms with van der Waals surface area (Å²) in [6, 6.07) is 22.7. The highest BCUT2D eigenvalue weighted by Crippen LogP contribution is 2.22. The predicted octanol–water partition coefficient (Wildman–Crippen LogP) is 4.78. The number of rotatable bonds is 6. The summed E-state index contributed by atoms with van der Waals surface area (Å²) in [4.78, 5) is 18.4. The van der Waals surface area contributed by atoms with Crippen LogP contribution >= 0.6 is 0 Å². The number of aromatic nitrogens is 1. The Balaban J connectivity index is 1.58. The van der Waals surface area contributed by atoms with E-state index in [1.54, 1.807) is 18.1 Å². The molecule has 3 rings (SSSR count). The van der Waals surface area contributed by atoms with Crippen LogP contribution in [0.2, 0.25) is 0 Å². The molecule has 0 aliphatic carbocycles. The molecule has 1 aromatic heterocycles. The molecule has 0 spiro atoms. The van der Waals surface area contributed by atoms with Gasteiger partial charge in [0.25, 0.3) is 0 Å². The second-order valence-corrected chi connectivity index (χ2v) is 6.26. The van der Waals surface area contributed by atoms with Crippen LogP contribution < -0.4 is 10.1 Å². The van der Waals surface area contributed by atoms with Crippen LogP contribution in [0.5, 0.6) is 11.5 Å². The number of nitrogens with one attached hydrogen (secondary N) is 1. The Hall–Kier alpha value is -3.34. The van der Waals surface area contributed by atoms with E-state index in [1.165, 1.54) is 0 Å². The number of nitrogens with zero attached hydrogens (tertiary/aromatic N) is 2. The van der Waals surface area contributed by atoms with Crippen molar-refractivity contribution < 1.29 is 9.53 Å². The predicted molar refractivity (Wildman–Crippen MR) is 106 cm³/mol. The van der Waals surface area contributed by atoms with Gasteiger partial charge in [0.05, 0.1) is 11.7 Å². The molecule has 3 aromatic rings. The Kier molecular flexibility index (Phi) is 6.05. The third kappa shape index (κ3) is 5.07. The number of hydrogen-bond donors (Lipinski definition) is 1. The summed E-state index contributed by atoms with van der Waals surface area (Å²) in [6.45, 7) is 2.38. The number of hydrogen-bond acceptors (Lipinski definition) is 3. The molecular weight excluding hydrogens is 338 g/mol. The molecule has 5 heteroatoms. The van der Waals surface area contributed by atoms with Crippen molar-refractivity contribution in [3.05, 3.63) is 90.3 Å². The van der Waals surface area contributed by atoms with Crippen molar-refractivity contribution in [3.63, 3.8) is 0 Å². The average Bonchev–Trinajstić information content (AvgIpc) is 2.72. The Morgan fingerprint density at radius 3 is 2.52 bits per heavy atom. The van der Waals surface area contributed by atoms with E-state index in [-0.39, 0.29) is 12.1 Å².